The molecule has 6 nitrogen and oxygen atoms in total. The molecular formula is C18H24FN5O. The number of rotatable bonds is 7. The molecule has 1 aliphatic carbocycles. The Bertz CT molecular complexity index is 728. The molecule has 2 rings (SSSR count). The summed E-state index contributed by atoms with van der Waals surface area (Å²) in [6.07, 6.45) is 4.28. The lowest BCUT2D eigenvalue weighted by atomic mass is 10.0. The van der Waals surface area contributed by atoms with Crippen LogP contribution in [-0.2, 0) is 11.3 Å². The lowest BCUT2D eigenvalue weighted by Crippen LogP contribution is -2.30. The van der Waals surface area contributed by atoms with Gasteiger partial charge >= 0.3 is 0 Å². The van der Waals surface area contributed by atoms with Crippen LogP contribution in [0.5, 0.6) is 0 Å². The standard InChI is InChI=1S/C18H24FN5O/c1-11(2)15(12(3)16(20-5)24-18(4)6-7-18)17(25)23-10-14-21-8-13(19)9-22-14/h8-9,24H,5-7,10H2,1-4H3,(H,23,25)/b16-12-. The Morgan fingerprint density at radius 1 is 1.32 bits per heavy atom. The van der Waals surface area contributed by atoms with Crippen LogP contribution in [0.15, 0.2) is 39.9 Å². The number of allylic oxidation sites excluding steroid dienone is 1. The topological polar surface area (TPSA) is 79.3 Å². The van der Waals surface area contributed by atoms with E-state index in [2.05, 4.69) is 39.2 Å². The lowest BCUT2D eigenvalue weighted by molar-refractivity contribution is -0.117. The van der Waals surface area contributed by atoms with Gasteiger partial charge in [0.1, 0.15) is 11.6 Å². The zero-order valence-corrected chi connectivity index (χ0v) is 15.1. The van der Waals surface area contributed by atoms with E-state index in [9.17, 15) is 9.18 Å². The maximum Gasteiger partial charge on any atom is 0.251 e. The molecule has 0 bridgehead atoms. The highest BCUT2D eigenvalue weighted by atomic mass is 19.1. The van der Waals surface area contributed by atoms with Gasteiger partial charge in [0.15, 0.2) is 5.82 Å². The summed E-state index contributed by atoms with van der Waals surface area (Å²) in [5.41, 5.74) is 2.17. The lowest BCUT2D eigenvalue weighted by Gasteiger charge is -2.18. The Hall–Kier alpha value is -2.57. The van der Waals surface area contributed by atoms with Crippen LogP contribution >= 0.6 is 0 Å². The molecule has 0 aliphatic heterocycles. The highest BCUT2D eigenvalue weighted by Gasteiger charge is 2.38. The molecule has 0 aromatic carbocycles. The van der Waals surface area contributed by atoms with Crippen LogP contribution in [-0.4, -0.2) is 28.1 Å². The molecule has 2 N–H and O–H groups in total. The molecule has 1 heterocycles. The largest absolute Gasteiger partial charge is 0.365 e. The van der Waals surface area contributed by atoms with E-state index in [1.165, 1.54) is 0 Å². The van der Waals surface area contributed by atoms with E-state index in [0.717, 1.165) is 36.4 Å². The van der Waals surface area contributed by atoms with Gasteiger partial charge in [0.2, 0.25) is 0 Å². The average Bonchev–Trinajstić information content (AvgIpc) is 3.29. The number of carbonyl (C=O) groups excluding carboxylic acids is 1. The molecule has 0 atom stereocenters. The molecule has 25 heavy (non-hydrogen) atoms. The summed E-state index contributed by atoms with van der Waals surface area (Å²) >= 11 is 0. The summed E-state index contributed by atoms with van der Waals surface area (Å²) in [5, 5.41) is 6.13. The third-order valence-corrected chi connectivity index (χ3v) is 4.12. The number of carbonyl (C=O) groups is 1. The van der Waals surface area contributed by atoms with E-state index in [4.69, 9.17) is 0 Å². The summed E-state index contributed by atoms with van der Waals surface area (Å²) in [7, 11) is 0. The Balaban J connectivity index is 2.15. The van der Waals surface area contributed by atoms with Gasteiger partial charge in [-0.05, 0) is 47.3 Å². The molecule has 0 unspecified atom stereocenters. The Morgan fingerprint density at radius 2 is 1.92 bits per heavy atom. The zero-order valence-electron chi connectivity index (χ0n) is 15.1. The van der Waals surface area contributed by atoms with Crippen LogP contribution in [0.25, 0.3) is 0 Å². The number of aromatic nitrogens is 2. The minimum atomic E-state index is -0.514. The quantitative estimate of drug-likeness (QED) is 0.452. The van der Waals surface area contributed by atoms with Crippen molar-refractivity contribution in [3.63, 3.8) is 0 Å². The first kappa shape index (κ1) is 18.8. The maximum atomic E-state index is 12.8. The smallest absolute Gasteiger partial charge is 0.251 e. The van der Waals surface area contributed by atoms with Crippen LogP contribution in [0.1, 0.15) is 46.4 Å². The van der Waals surface area contributed by atoms with Crippen molar-refractivity contribution < 1.29 is 9.18 Å². The third kappa shape index (κ3) is 4.95. The number of aliphatic imine (C=N–C) groups is 1. The van der Waals surface area contributed by atoms with E-state index < -0.39 is 5.82 Å². The first-order chi connectivity index (χ1) is 11.8. The van der Waals surface area contributed by atoms with Crippen LogP contribution in [0.4, 0.5) is 4.39 Å². The molecule has 1 fully saturated rings. The highest BCUT2D eigenvalue weighted by Crippen LogP contribution is 2.36. The SMILES string of the molecule is C=N/C(NC1(C)CC1)=C(\C)C(C(=O)NCc1ncc(F)cn1)=C(C)C. The second-order valence-electron chi connectivity index (χ2n) is 6.69. The van der Waals surface area contributed by atoms with Crippen molar-refractivity contribution >= 4 is 12.6 Å². The van der Waals surface area contributed by atoms with Gasteiger partial charge in [-0.15, -0.1) is 0 Å². The van der Waals surface area contributed by atoms with Gasteiger partial charge in [-0.1, -0.05) is 5.57 Å². The molecule has 0 saturated heterocycles. The zero-order chi connectivity index (χ0) is 18.6. The minimum absolute atomic E-state index is 0.0307. The van der Waals surface area contributed by atoms with Gasteiger partial charge in [-0.25, -0.2) is 19.4 Å². The molecule has 1 aromatic heterocycles. The van der Waals surface area contributed by atoms with E-state index >= 15 is 0 Å². The number of hydrogen-bond acceptors (Lipinski definition) is 5. The van der Waals surface area contributed by atoms with Crippen molar-refractivity contribution in [1.29, 1.82) is 0 Å². The molecule has 1 saturated carbocycles. The number of halogens is 1. The van der Waals surface area contributed by atoms with E-state index in [1.807, 2.05) is 20.8 Å². The summed E-state index contributed by atoms with van der Waals surface area (Å²) in [5.74, 6) is 0.189. The van der Waals surface area contributed by atoms with Crippen molar-refractivity contribution in [3.8, 4) is 0 Å². The molecule has 1 amide bonds. The van der Waals surface area contributed by atoms with Crippen molar-refractivity contribution in [1.82, 2.24) is 20.6 Å². The van der Waals surface area contributed by atoms with Gasteiger partial charge in [0.25, 0.3) is 5.91 Å². The first-order valence-electron chi connectivity index (χ1n) is 8.14. The monoisotopic (exact) mass is 345 g/mol. The van der Waals surface area contributed by atoms with Gasteiger partial charge in [-0.3, -0.25) is 4.79 Å². The predicted molar refractivity (Wildman–Crippen MR) is 95.2 cm³/mol. The molecule has 0 spiro atoms. The Labute approximate surface area is 147 Å². The Morgan fingerprint density at radius 3 is 2.40 bits per heavy atom. The van der Waals surface area contributed by atoms with Gasteiger partial charge < -0.3 is 10.6 Å². The molecular weight excluding hydrogens is 321 g/mol. The maximum absolute atomic E-state index is 12.8. The molecule has 134 valence electrons. The third-order valence-electron chi connectivity index (χ3n) is 4.12. The van der Waals surface area contributed by atoms with E-state index in [1.54, 1.807) is 0 Å². The van der Waals surface area contributed by atoms with Crippen LogP contribution in [0.2, 0.25) is 0 Å². The summed E-state index contributed by atoms with van der Waals surface area (Å²) in [6.45, 7) is 11.4. The second-order valence-corrected chi connectivity index (χ2v) is 6.69. The van der Waals surface area contributed by atoms with Crippen molar-refractivity contribution in [2.45, 2.75) is 52.6 Å². The average molecular weight is 345 g/mol. The molecule has 0 radical (unpaired) electrons. The Kier molecular flexibility index (Phi) is 5.66. The van der Waals surface area contributed by atoms with Crippen molar-refractivity contribution in [2.24, 2.45) is 4.99 Å². The molecule has 7 heteroatoms. The van der Waals surface area contributed by atoms with Crippen LogP contribution in [0.3, 0.4) is 0 Å². The summed E-state index contributed by atoms with van der Waals surface area (Å²) < 4.78 is 12.8. The van der Waals surface area contributed by atoms with Crippen LogP contribution in [0, 0.1) is 5.82 Å². The first-order valence-corrected chi connectivity index (χ1v) is 8.14. The number of nitrogens with one attached hydrogen (secondary N) is 2. The van der Waals surface area contributed by atoms with Gasteiger partial charge in [0, 0.05) is 16.7 Å². The fraction of sp³-hybridized carbons (Fsp3) is 0.444. The van der Waals surface area contributed by atoms with E-state index in [-0.39, 0.29) is 18.0 Å². The predicted octanol–water partition coefficient (Wildman–Crippen LogP) is 2.64. The molecule has 1 aliphatic rings. The van der Waals surface area contributed by atoms with Crippen LogP contribution < -0.4 is 10.6 Å². The minimum Gasteiger partial charge on any atom is -0.365 e. The van der Waals surface area contributed by atoms with Gasteiger partial charge in [0.05, 0.1) is 18.9 Å². The fourth-order valence-electron chi connectivity index (χ4n) is 2.42. The summed E-state index contributed by atoms with van der Waals surface area (Å²) in [4.78, 5) is 24.4. The number of amides is 1. The summed E-state index contributed by atoms with van der Waals surface area (Å²) in [6, 6.07) is 0. The van der Waals surface area contributed by atoms with Crippen molar-refractivity contribution in [2.75, 3.05) is 0 Å². The van der Waals surface area contributed by atoms with E-state index in [0.29, 0.717) is 17.2 Å². The van der Waals surface area contributed by atoms with Crippen molar-refractivity contribution in [3.05, 3.63) is 46.6 Å². The van der Waals surface area contributed by atoms with Gasteiger partial charge in [-0.2, -0.15) is 0 Å². The second kappa shape index (κ2) is 7.55. The fourth-order valence-corrected chi connectivity index (χ4v) is 2.42. The number of nitrogens with zero attached hydrogens (tertiary/aromatic N) is 3. The normalized spacial score (nSPS) is 15.7. The highest BCUT2D eigenvalue weighted by molar-refractivity contribution is 5.98. The number of hydrogen-bond donors (Lipinski definition) is 2. The molecule has 1 aromatic rings.